The van der Waals surface area contributed by atoms with Crippen LogP contribution in [0.4, 0.5) is 0 Å². The summed E-state index contributed by atoms with van der Waals surface area (Å²) in [5.41, 5.74) is 0. The van der Waals surface area contributed by atoms with Crippen molar-refractivity contribution in [2.24, 2.45) is 0 Å². The highest BCUT2D eigenvalue weighted by Crippen LogP contribution is 2.12. The number of rotatable bonds is 8. The average Bonchev–Trinajstić information content (AvgIpc) is 2.30. The van der Waals surface area contributed by atoms with Gasteiger partial charge in [0.05, 0.1) is 19.3 Å². The summed E-state index contributed by atoms with van der Waals surface area (Å²) in [6, 6.07) is 0.489. The van der Waals surface area contributed by atoms with Gasteiger partial charge in [-0.2, -0.15) is 0 Å². The molecule has 0 aliphatic carbocycles. The first-order chi connectivity index (χ1) is 7.84. The van der Waals surface area contributed by atoms with E-state index in [4.69, 9.17) is 14.2 Å². The third kappa shape index (κ3) is 5.80. The first kappa shape index (κ1) is 13.9. The lowest BCUT2D eigenvalue weighted by Crippen LogP contribution is -2.44. The first-order valence-electron chi connectivity index (χ1n) is 6.26. The zero-order chi connectivity index (χ0) is 11.6. The Morgan fingerprint density at radius 1 is 1.19 bits per heavy atom. The van der Waals surface area contributed by atoms with Crippen molar-refractivity contribution < 1.29 is 14.2 Å². The first-order valence-corrected chi connectivity index (χ1v) is 6.26. The van der Waals surface area contributed by atoms with E-state index in [9.17, 15) is 0 Å². The molecule has 1 heterocycles. The van der Waals surface area contributed by atoms with Crippen LogP contribution >= 0.6 is 0 Å². The Kier molecular flexibility index (Phi) is 7.76. The molecule has 0 amide bonds. The third-order valence-corrected chi connectivity index (χ3v) is 2.89. The fraction of sp³-hybridized carbons (Fsp3) is 1.00. The van der Waals surface area contributed by atoms with Crippen molar-refractivity contribution in [2.45, 2.75) is 38.3 Å². The molecule has 2 unspecified atom stereocenters. The van der Waals surface area contributed by atoms with E-state index in [0.717, 1.165) is 26.2 Å². The number of ether oxygens (including phenoxy) is 3. The molecule has 0 bridgehead atoms. The van der Waals surface area contributed by atoms with Crippen LogP contribution in [0.3, 0.4) is 0 Å². The molecule has 1 aliphatic heterocycles. The van der Waals surface area contributed by atoms with Crippen LogP contribution in [0.15, 0.2) is 0 Å². The summed E-state index contributed by atoms with van der Waals surface area (Å²) >= 11 is 0. The molecule has 1 saturated heterocycles. The number of methoxy groups -OCH3 is 1. The molecule has 0 saturated carbocycles. The summed E-state index contributed by atoms with van der Waals surface area (Å²) < 4.78 is 16.1. The molecule has 1 aliphatic rings. The summed E-state index contributed by atoms with van der Waals surface area (Å²) in [4.78, 5) is 0. The van der Waals surface area contributed by atoms with Crippen molar-refractivity contribution in [3.8, 4) is 0 Å². The van der Waals surface area contributed by atoms with E-state index >= 15 is 0 Å². The highest BCUT2D eigenvalue weighted by molar-refractivity contribution is 4.77. The van der Waals surface area contributed by atoms with Gasteiger partial charge < -0.3 is 19.5 Å². The van der Waals surface area contributed by atoms with Gasteiger partial charge in [-0.05, 0) is 32.7 Å². The molecule has 0 aromatic carbocycles. The molecule has 0 radical (unpaired) electrons. The minimum absolute atomic E-state index is 0.382. The molecule has 96 valence electrons. The highest BCUT2D eigenvalue weighted by Gasteiger charge is 2.20. The molecule has 4 nitrogen and oxygen atoms in total. The highest BCUT2D eigenvalue weighted by atomic mass is 16.5. The molecule has 0 aromatic heterocycles. The number of hydrogen-bond donors (Lipinski definition) is 1. The second-order valence-electron chi connectivity index (χ2n) is 4.25. The van der Waals surface area contributed by atoms with Crippen LogP contribution < -0.4 is 5.32 Å². The van der Waals surface area contributed by atoms with Gasteiger partial charge in [0.25, 0.3) is 0 Å². The van der Waals surface area contributed by atoms with Crippen molar-refractivity contribution >= 4 is 0 Å². The molecule has 0 aromatic rings. The van der Waals surface area contributed by atoms with Crippen LogP contribution in [0, 0.1) is 0 Å². The van der Waals surface area contributed by atoms with E-state index in [2.05, 4.69) is 12.2 Å². The Bertz CT molecular complexity index is 166. The second kappa shape index (κ2) is 8.93. The Morgan fingerprint density at radius 3 is 2.81 bits per heavy atom. The summed E-state index contributed by atoms with van der Waals surface area (Å²) in [6.45, 7) is 6.23. The van der Waals surface area contributed by atoms with Crippen LogP contribution in [-0.2, 0) is 14.2 Å². The Hall–Kier alpha value is -0.160. The largest absolute Gasteiger partial charge is 0.382 e. The van der Waals surface area contributed by atoms with Crippen LogP contribution in [0.2, 0.25) is 0 Å². The molecule has 1 fully saturated rings. The maximum absolute atomic E-state index is 5.83. The zero-order valence-corrected chi connectivity index (χ0v) is 10.5. The predicted molar refractivity (Wildman–Crippen MR) is 63.8 cm³/mol. The van der Waals surface area contributed by atoms with Gasteiger partial charge in [-0.1, -0.05) is 0 Å². The van der Waals surface area contributed by atoms with Crippen LogP contribution in [0.5, 0.6) is 0 Å². The standard InChI is InChI=1S/C12H25NO3/c1-11-12(5-3-6-13-11)16-8-4-7-15-10-9-14-2/h11-13H,3-10H2,1-2H3. The number of hydrogen-bond acceptors (Lipinski definition) is 4. The van der Waals surface area contributed by atoms with Crippen molar-refractivity contribution in [1.82, 2.24) is 5.32 Å². The lowest BCUT2D eigenvalue weighted by molar-refractivity contribution is -0.00293. The summed E-state index contributed by atoms with van der Waals surface area (Å²) in [7, 11) is 1.68. The summed E-state index contributed by atoms with van der Waals surface area (Å²) in [6.07, 6.45) is 3.75. The van der Waals surface area contributed by atoms with E-state index in [0.29, 0.717) is 25.4 Å². The van der Waals surface area contributed by atoms with Crippen molar-refractivity contribution in [3.05, 3.63) is 0 Å². The van der Waals surface area contributed by atoms with Gasteiger partial charge in [0.15, 0.2) is 0 Å². The topological polar surface area (TPSA) is 39.7 Å². The third-order valence-electron chi connectivity index (χ3n) is 2.89. The van der Waals surface area contributed by atoms with Gasteiger partial charge >= 0.3 is 0 Å². The van der Waals surface area contributed by atoms with Gasteiger partial charge in [-0.15, -0.1) is 0 Å². The molecule has 1 rings (SSSR count). The molecular weight excluding hydrogens is 206 g/mol. The lowest BCUT2D eigenvalue weighted by Gasteiger charge is -2.29. The van der Waals surface area contributed by atoms with Gasteiger partial charge in [-0.3, -0.25) is 0 Å². The van der Waals surface area contributed by atoms with Gasteiger partial charge in [-0.25, -0.2) is 0 Å². The van der Waals surface area contributed by atoms with Gasteiger partial charge in [0.2, 0.25) is 0 Å². The molecule has 16 heavy (non-hydrogen) atoms. The lowest BCUT2D eigenvalue weighted by atomic mass is 10.0. The normalized spacial score (nSPS) is 25.9. The van der Waals surface area contributed by atoms with Crippen LogP contribution in [0.25, 0.3) is 0 Å². The van der Waals surface area contributed by atoms with Crippen LogP contribution in [0.1, 0.15) is 26.2 Å². The Morgan fingerprint density at radius 2 is 2.06 bits per heavy atom. The Labute approximate surface area is 98.6 Å². The van der Waals surface area contributed by atoms with E-state index in [1.807, 2.05) is 0 Å². The Balaban J connectivity index is 1.90. The molecule has 4 heteroatoms. The zero-order valence-electron chi connectivity index (χ0n) is 10.5. The SMILES string of the molecule is COCCOCCCOC1CCCNC1C. The van der Waals surface area contributed by atoms with Crippen molar-refractivity contribution in [1.29, 1.82) is 0 Å². The molecule has 0 spiro atoms. The second-order valence-corrected chi connectivity index (χ2v) is 4.25. The van der Waals surface area contributed by atoms with Crippen LogP contribution in [-0.4, -0.2) is 52.2 Å². The average molecular weight is 231 g/mol. The molecule has 2 atom stereocenters. The van der Waals surface area contributed by atoms with Crippen molar-refractivity contribution in [2.75, 3.05) is 40.1 Å². The minimum atomic E-state index is 0.382. The summed E-state index contributed by atoms with van der Waals surface area (Å²) in [5.74, 6) is 0. The maximum Gasteiger partial charge on any atom is 0.0725 e. The molecular formula is C12H25NO3. The smallest absolute Gasteiger partial charge is 0.0725 e. The summed E-state index contributed by atoms with van der Waals surface area (Å²) in [5, 5.41) is 3.43. The fourth-order valence-corrected chi connectivity index (χ4v) is 1.88. The maximum atomic E-state index is 5.83. The van der Waals surface area contributed by atoms with E-state index in [1.54, 1.807) is 7.11 Å². The monoisotopic (exact) mass is 231 g/mol. The van der Waals surface area contributed by atoms with Gasteiger partial charge in [0.1, 0.15) is 0 Å². The number of nitrogens with one attached hydrogen (secondary N) is 1. The minimum Gasteiger partial charge on any atom is -0.382 e. The van der Waals surface area contributed by atoms with E-state index < -0.39 is 0 Å². The predicted octanol–water partition coefficient (Wildman–Crippen LogP) is 1.20. The quantitative estimate of drug-likeness (QED) is 0.637. The number of piperidine rings is 1. The fourth-order valence-electron chi connectivity index (χ4n) is 1.88. The van der Waals surface area contributed by atoms with E-state index in [-0.39, 0.29) is 0 Å². The van der Waals surface area contributed by atoms with Gasteiger partial charge in [0, 0.05) is 26.4 Å². The van der Waals surface area contributed by atoms with Crippen molar-refractivity contribution in [3.63, 3.8) is 0 Å². The van der Waals surface area contributed by atoms with E-state index in [1.165, 1.54) is 12.8 Å². The molecule has 1 N–H and O–H groups in total.